The predicted octanol–water partition coefficient (Wildman–Crippen LogP) is 0.962. The van der Waals surface area contributed by atoms with Crippen molar-refractivity contribution in [1.29, 1.82) is 0 Å². The zero-order valence-corrected chi connectivity index (χ0v) is 14.1. The minimum Gasteiger partial charge on any atom is -0.362 e. The second kappa shape index (κ2) is 6.55. The first-order valence-electron chi connectivity index (χ1n) is 6.54. The first-order valence-corrected chi connectivity index (χ1v) is 8.84. The summed E-state index contributed by atoms with van der Waals surface area (Å²) >= 11 is 0.811. The number of nitrogens with one attached hydrogen (secondary N) is 3. The van der Waals surface area contributed by atoms with Gasteiger partial charge in [-0.05, 0) is 31.9 Å². The Hall–Kier alpha value is -1.78. The zero-order chi connectivity index (χ0) is 16.3. The Morgan fingerprint density at radius 2 is 2.09 bits per heavy atom. The summed E-state index contributed by atoms with van der Waals surface area (Å²) in [6.45, 7) is 5.47. The van der Waals surface area contributed by atoms with Crippen LogP contribution in [0, 0.1) is 13.8 Å². The first-order chi connectivity index (χ1) is 10.3. The highest BCUT2D eigenvalue weighted by molar-refractivity contribution is 7.91. The number of sulfonamides is 1. The van der Waals surface area contributed by atoms with Gasteiger partial charge in [0.25, 0.3) is 10.0 Å². The fraction of sp³-hybridized carbons (Fsp3) is 0.417. The molecule has 120 valence electrons. The average Bonchev–Trinajstić information content (AvgIpc) is 2.96. The molecule has 0 aliphatic carbocycles. The molecule has 22 heavy (non-hydrogen) atoms. The molecular formula is C12H17N5O3S2. The van der Waals surface area contributed by atoms with Gasteiger partial charge in [0.1, 0.15) is 0 Å². The lowest BCUT2D eigenvalue weighted by Gasteiger charge is -2.03. The van der Waals surface area contributed by atoms with Gasteiger partial charge in [-0.3, -0.25) is 4.79 Å². The second-order valence-corrected chi connectivity index (χ2v) is 7.72. The zero-order valence-electron chi connectivity index (χ0n) is 12.4. The highest BCUT2D eigenvalue weighted by Gasteiger charge is 2.20. The largest absolute Gasteiger partial charge is 0.362 e. The van der Waals surface area contributed by atoms with Gasteiger partial charge in [0.2, 0.25) is 15.4 Å². The maximum atomic E-state index is 12.1. The van der Waals surface area contributed by atoms with E-state index in [0.717, 1.165) is 28.3 Å². The third-order valence-electron chi connectivity index (χ3n) is 2.86. The smallest absolute Gasteiger partial charge is 0.269 e. The summed E-state index contributed by atoms with van der Waals surface area (Å²) in [6.07, 6.45) is 0.576. The van der Waals surface area contributed by atoms with Crippen molar-refractivity contribution in [3.63, 3.8) is 0 Å². The number of anilines is 1. The molecule has 0 saturated heterocycles. The monoisotopic (exact) mass is 343 g/mol. The van der Waals surface area contributed by atoms with E-state index in [1.165, 1.54) is 6.92 Å². The second-order valence-electron chi connectivity index (χ2n) is 4.80. The van der Waals surface area contributed by atoms with Gasteiger partial charge in [0.15, 0.2) is 0 Å². The van der Waals surface area contributed by atoms with E-state index in [9.17, 15) is 13.2 Å². The van der Waals surface area contributed by atoms with Gasteiger partial charge in [-0.25, -0.2) is 13.1 Å². The van der Waals surface area contributed by atoms with Crippen LogP contribution in [0.4, 0.5) is 5.13 Å². The van der Waals surface area contributed by atoms with Gasteiger partial charge in [0, 0.05) is 24.9 Å². The Balaban J connectivity index is 1.97. The number of hydrogen-bond acceptors (Lipinski definition) is 6. The lowest BCUT2D eigenvalue weighted by molar-refractivity contribution is -0.114. The molecule has 1 amide bonds. The Morgan fingerprint density at radius 3 is 2.68 bits per heavy atom. The highest BCUT2D eigenvalue weighted by atomic mass is 32.2. The van der Waals surface area contributed by atoms with E-state index in [1.54, 1.807) is 0 Å². The molecule has 0 aromatic carbocycles. The number of aryl methyl sites for hydroxylation is 2. The number of H-pyrrole nitrogens is 1. The van der Waals surface area contributed by atoms with E-state index < -0.39 is 10.0 Å². The molecule has 0 fully saturated rings. The molecule has 0 unspecified atom stereocenters. The maximum absolute atomic E-state index is 12.1. The summed E-state index contributed by atoms with van der Waals surface area (Å²) in [5.41, 5.74) is 3.14. The summed E-state index contributed by atoms with van der Waals surface area (Å²) in [5, 5.41) is 9.76. The predicted molar refractivity (Wildman–Crippen MR) is 83.4 cm³/mol. The minimum absolute atomic E-state index is 0.157. The molecule has 2 heterocycles. The number of amides is 1. The molecule has 10 heteroatoms. The van der Waals surface area contributed by atoms with Gasteiger partial charge in [0.05, 0.1) is 0 Å². The Labute approximate surface area is 132 Å². The molecule has 0 aliphatic rings. The first kappa shape index (κ1) is 16.6. The van der Waals surface area contributed by atoms with Crippen molar-refractivity contribution in [2.45, 2.75) is 31.5 Å². The number of nitrogens with zero attached hydrogens (tertiary/aromatic N) is 2. The molecule has 8 nitrogen and oxygen atoms in total. The third-order valence-corrected chi connectivity index (χ3v) is 5.53. The van der Waals surface area contributed by atoms with Crippen LogP contribution in [0.2, 0.25) is 0 Å². The van der Waals surface area contributed by atoms with Gasteiger partial charge >= 0.3 is 0 Å². The highest BCUT2D eigenvalue weighted by Crippen LogP contribution is 2.19. The number of aromatic amines is 1. The van der Waals surface area contributed by atoms with Crippen LogP contribution in [0.5, 0.6) is 0 Å². The average molecular weight is 343 g/mol. The molecule has 0 radical (unpaired) electrons. The molecular weight excluding hydrogens is 326 g/mol. The topological polar surface area (TPSA) is 117 Å². The lowest BCUT2D eigenvalue weighted by atomic mass is 10.2. The molecule has 0 saturated carbocycles. The Kier molecular flexibility index (Phi) is 4.94. The number of hydrogen-bond donors (Lipinski definition) is 3. The number of carbonyl (C=O) groups excluding carboxylic acids is 1. The third kappa shape index (κ3) is 4.12. The number of carbonyl (C=O) groups is 1. The number of rotatable bonds is 6. The maximum Gasteiger partial charge on any atom is 0.269 e. The van der Waals surface area contributed by atoms with Crippen molar-refractivity contribution in [3.05, 3.63) is 23.0 Å². The molecule has 0 atom stereocenters. The SMILES string of the molecule is CC(=O)Nc1nnc(S(=O)(=O)NCCc2cc(C)[nH]c2C)s1. The van der Waals surface area contributed by atoms with Crippen LogP contribution in [0.25, 0.3) is 0 Å². The van der Waals surface area contributed by atoms with Gasteiger partial charge in [-0.1, -0.05) is 11.3 Å². The van der Waals surface area contributed by atoms with Crippen LogP contribution in [-0.4, -0.2) is 36.1 Å². The van der Waals surface area contributed by atoms with E-state index in [1.807, 2.05) is 19.9 Å². The van der Waals surface area contributed by atoms with Crippen molar-refractivity contribution in [3.8, 4) is 0 Å². The van der Waals surface area contributed by atoms with Crippen LogP contribution >= 0.6 is 11.3 Å². The van der Waals surface area contributed by atoms with Crippen molar-refractivity contribution < 1.29 is 13.2 Å². The molecule has 0 aliphatic heterocycles. The lowest BCUT2D eigenvalue weighted by Crippen LogP contribution is -2.26. The Morgan fingerprint density at radius 1 is 1.36 bits per heavy atom. The van der Waals surface area contributed by atoms with Gasteiger partial charge in [-0.2, -0.15) is 0 Å². The number of aromatic nitrogens is 3. The summed E-state index contributed by atoms with van der Waals surface area (Å²) in [4.78, 5) is 14.1. The molecule has 2 rings (SSSR count). The molecule has 3 N–H and O–H groups in total. The molecule has 2 aromatic rings. The van der Waals surface area contributed by atoms with Crippen LogP contribution in [0.3, 0.4) is 0 Å². The van der Waals surface area contributed by atoms with E-state index in [2.05, 4.69) is 25.2 Å². The fourth-order valence-electron chi connectivity index (χ4n) is 1.94. The standard InChI is InChI=1S/C12H17N5O3S2/c1-7-6-10(8(2)14-7)4-5-13-22(19,20)12-17-16-11(21-12)15-9(3)18/h6,13-14H,4-5H2,1-3H3,(H,15,16,18). The normalized spacial score (nSPS) is 11.6. The van der Waals surface area contributed by atoms with Crippen molar-refractivity contribution in [1.82, 2.24) is 19.9 Å². The van der Waals surface area contributed by atoms with Gasteiger partial charge in [-0.15, -0.1) is 10.2 Å². The fourth-order valence-corrected chi connectivity index (χ4v) is 3.96. The van der Waals surface area contributed by atoms with Crippen LogP contribution < -0.4 is 10.0 Å². The molecule has 2 aromatic heterocycles. The van der Waals surface area contributed by atoms with E-state index >= 15 is 0 Å². The summed E-state index contributed by atoms with van der Waals surface area (Å²) in [7, 11) is -3.72. The Bertz CT molecular complexity index is 779. The summed E-state index contributed by atoms with van der Waals surface area (Å²) < 4.78 is 26.5. The van der Waals surface area contributed by atoms with E-state index in [4.69, 9.17) is 0 Å². The van der Waals surface area contributed by atoms with Crippen molar-refractivity contribution in [2.75, 3.05) is 11.9 Å². The van der Waals surface area contributed by atoms with E-state index in [0.29, 0.717) is 6.42 Å². The summed E-state index contributed by atoms with van der Waals surface area (Å²) in [6, 6.07) is 1.99. The van der Waals surface area contributed by atoms with Crippen LogP contribution in [0.1, 0.15) is 23.9 Å². The minimum atomic E-state index is -3.72. The quantitative estimate of drug-likeness (QED) is 0.676. The van der Waals surface area contributed by atoms with Crippen molar-refractivity contribution >= 4 is 32.4 Å². The molecule has 0 spiro atoms. The van der Waals surface area contributed by atoms with Crippen LogP contribution in [0.15, 0.2) is 10.4 Å². The summed E-state index contributed by atoms with van der Waals surface area (Å²) in [5.74, 6) is -0.327. The van der Waals surface area contributed by atoms with E-state index in [-0.39, 0.29) is 21.9 Å². The van der Waals surface area contributed by atoms with Gasteiger partial charge < -0.3 is 10.3 Å². The van der Waals surface area contributed by atoms with Crippen molar-refractivity contribution in [2.24, 2.45) is 0 Å². The van der Waals surface area contributed by atoms with Crippen LogP contribution in [-0.2, 0) is 21.2 Å². The molecule has 0 bridgehead atoms.